The Hall–Kier alpha value is -1.68. The summed E-state index contributed by atoms with van der Waals surface area (Å²) in [4.78, 5) is 48.8. The fraction of sp³-hybridized carbons (Fsp3) is 0.625. The summed E-state index contributed by atoms with van der Waals surface area (Å²) >= 11 is 1.81. The van der Waals surface area contributed by atoms with E-state index in [1.54, 1.807) is 27.7 Å². The van der Waals surface area contributed by atoms with Gasteiger partial charge in [0.25, 0.3) is 0 Å². The van der Waals surface area contributed by atoms with E-state index in [1.807, 2.05) is 0 Å². The molecule has 2 atom stereocenters. The van der Waals surface area contributed by atoms with Crippen LogP contribution in [0.25, 0.3) is 0 Å². The largest absolute Gasteiger partial charge is 0.465 e. The van der Waals surface area contributed by atoms with Gasteiger partial charge < -0.3 is 18.9 Å². The van der Waals surface area contributed by atoms with Crippen molar-refractivity contribution in [2.24, 2.45) is 0 Å². The van der Waals surface area contributed by atoms with Gasteiger partial charge >= 0.3 is 23.9 Å². The SMILES string of the molecule is CCOC(=O)C(C(=O)OCC)=C1S[C@@H](C(=O)OCC)[C@H](C(=O)OCC)S1. The molecular formula is C16H22O8S2. The van der Waals surface area contributed by atoms with Crippen molar-refractivity contribution in [1.82, 2.24) is 0 Å². The zero-order valence-corrected chi connectivity index (χ0v) is 16.7. The summed E-state index contributed by atoms with van der Waals surface area (Å²) in [6, 6.07) is 0. The van der Waals surface area contributed by atoms with Crippen LogP contribution in [0, 0.1) is 0 Å². The molecule has 1 heterocycles. The van der Waals surface area contributed by atoms with Crippen molar-refractivity contribution in [3.05, 3.63) is 9.81 Å². The van der Waals surface area contributed by atoms with Crippen LogP contribution in [0.2, 0.25) is 0 Å². The Morgan fingerprint density at radius 3 is 1.35 bits per heavy atom. The van der Waals surface area contributed by atoms with Crippen LogP contribution < -0.4 is 0 Å². The number of esters is 4. The van der Waals surface area contributed by atoms with E-state index in [0.717, 1.165) is 23.5 Å². The van der Waals surface area contributed by atoms with E-state index in [0.29, 0.717) is 0 Å². The topological polar surface area (TPSA) is 105 Å². The monoisotopic (exact) mass is 406 g/mol. The highest BCUT2D eigenvalue weighted by Gasteiger charge is 2.47. The summed E-state index contributed by atoms with van der Waals surface area (Å²) in [5, 5.41) is -1.87. The van der Waals surface area contributed by atoms with Crippen molar-refractivity contribution < 1.29 is 38.1 Å². The number of hydrogen-bond donors (Lipinski definition) is 0. The van der Waals surface area contributed by atoms with E-state index in [-0.39, 0.29) is 36.2 Å². The second kappa shape index (κ2) is 11.1. The molecule has 0 aromatic heterocycles. The minimum atomic E-state index is -0.937. The van der Waals surface area contributed by atoms with Crippen molar-refractivity contribution in [2.45, 2.75) is 38.2 Å². The molecule has 8 nitrogen and oxygen atoms in total. The van der Waals surface area contributed by atoms with Gasteiger partial charge in [0.05, 0.1) is 30.7 Å². The Kier molecular flexibility index (Phi) is 9.57. The number of rotatable bonds is 8. The summed E-state index contributed by atoms with van der Waals surface area (Å²) in [5.41, 5.74) is -0.329. The van der Waals surface area contributed by atoms with Crippen LogP contribution in [0.5, 0.6) is 0 Å². The molecule has 146 valence electrons. The maximum Gasteiger partial charge on any atom is 0.347 e. The summed E-state index contributed by atoms with van der Waals surface area (Å²) in [7, 11) is 0. The predicted octanol–water partition coefficient (Wildman–Crippen LogP) is 1.67. The van der Waals surface area contributed by atoms with Crippen LogP contribution in [0.1, 0.15) is 27.7 Å². The third-order valence-corrected chi connectivity index (χ3v) is 5.97. The van der Waals surface area contributed by atoms with Crippen LogP contribution in [0.3, 0.4) is 0 Å². The molecule has 0 spiro atoms. The highest BCUT2D eigenvalue weighted by atomic mass is 32.2. The van der Waals surface area contributed by atoms with E-state index in [2.05, 4.69) is 0 Å². The van der Waals surface area contributed by atoms with Crippen molar-refractivity contribution >= 4 is 47.4 Å². The molecule has 10 heteroatoms. The minimum absolute atomic E-state index is 0.0625. The molecule has 0 aliphatic carbocycles. The maximum absolute atomic E-state index is 12.2. The van der Waals surface area contributed by atoms with Crippen molar-refractivity contribution in [2.75, 3.05) is 26.4 Å². The molecule has 0 bridgehead atoms. The first-order valence-corrected chi connectivity index (χ1v) is 9.92. The fourth-order valence-electron chi connectivity index (χ4n) is 1.95. The molecule has 1 aliphatic heterocycles. The van der Waals surface area contributed by atoms with Gasteiger partial charge in [0.1, 0.15) is 10.5 Å². The molecule has 1 aliphatic rings. The van der Waals surface area contributed by atoms with Gasteiger partial charge in [-0.1, -0.05) is 0 Å². The zero-order chi connectivity index (χ0) is 19.7. The summed E-state index contributed by atoms with van der Waals surface area (Å²) in [6.07, 6.45) is 0. The van der Waals surface area contributed by atoms with Gasteiger partial charge in [0.2, 0.25) is 0 Å². The standard InChI is InChI=1S/C16H22O8S2/c1-5-21-12(17)9(13(18)22-6-2)16-25-10(14(19)23-7-3)11(26-16)15(20)24-8-4/h10-11H,5-8H2,1-4H3/t10-,11-/m1/s1. The van der Waals surface area contributed by atoms with E-state index in [1.165, 1.54) is 0 Å². The molecular weight excluding hydrogens is 384 g/mol. The number of carbonyl (C=O) groups is 4. The Balaban J connectivity index is 3.27. The second-order valence-electron chi connectivity index (χ2n) is 4.68. The third-order valence-electron chi connectivity index (χ3n) is 2.94. The molecule has 0 N–H and O–H groups in total. The number of hydrogen-bond acceptors (Lipinski definition) is 10. The lowest BCUT2D eigenvalue weighted by molar-refractivity contribution is -0.148. The first-order valence-electron chi connectivity index (χ1n) is 8.16. The normalized spacial score (nSPS) is 18.8. The van der Waals surface area contributed by atoms with Crippen molar-refractivity contribution in [1.29, 1.82) is 0 Å². The van der Waals surface area contributed by atoms with Crippen LogP contribution in [-0.2, 0) is 38.1 Å². The van der Waals surface area contributed by atoms with E-state index in [4.69, 9.17) is 18.9 Å². The lowest BCUT2D eigenvalue weighted by Gasteiger charge is -2.14. The smallest absolute Gasteiger partial charge is 0.347 e. The highest BCUT2D eigenvalue weighted by molar-refractivity contribution is 8.26. The lowest BCUT2D eigenvalue weighted by atomic mass is 10.3. The minimum Gasteiger partial charge on any atom is -0.465 e. The third kappa shape index (κ3) is 5.66. The van der Waals surface area contributed by atoms with Gasteiger partial charge in [0, 0.05) is 0 Å². The van der Waals surface area contributed by atoms with Crippen LogP contribution in [0.15, 0.2) is 9.81 Å². The van der Waals surface area contributed by atoms with Gasteiger partial charge in [-0.05, 0) is 27.7 Å². The van der Waals surface area contributed by atoms with E-state index in [9.17, 15) is 19.2 Å². The molecule has 0 unspecified atom stereocenters. The average molecular weight is 406 g/mol. The number of thioether (sulfide) groups is 2. The van der Waals surface area contributed by atoms with Gasteiger partial charge in [-0.15, -0.1) is 23.5 Å². The first kappa shape index (κ1) is 22.4. The van der Waals surface area contributed by atoms with Gasteiger partial charge in [0.15, 0.2) is 5.57 Å². The average Bonchev–Trinajstić information content (AvgIpc) is 3.01. The Labute approximate surface area is 160 Å². The molecule has 0 radical (unpaired) electrons. The zero-order valence-electron chi connectivity index (χ0n) is 15.1. The molecule has 0 saturated carbocycles. The summed E-state index contributed by atoms with van der Waals surface area (Å²) in [5.74, 6) is -2.98. The van der Waals surface area contributed by atoms with Crippen LogP contribution in [-0.4, -0.2) is 60.8 Å². The van der Waals surface area contributed by atoms with Gasteiger partial charge in [-0.3, -0.25) is 9.59 Å². The van der Waals surface area contributed by atoms with Crippen LogP contribution in [0.4, 0.5) is 0 Å². The highest BCUT2D eigenvalue weighted by Crippen LogP contribution is 2.49. The fourth-order valence-corrected chi connectivity index (χ4v) is 4.95. The van der Waals surface area contributed by atoms with E-state index >= 15 is 0 Å². The Morgan fingerprint density at radius 1 is 0.692 bits per heavy atom. The van der Waals surface area contributed by atoms with Gasteiger partial charge in [-0.25, -0.2) is 9.59 Å². The van der Waals surface area contributed by atoms with Crippen LogP contribution >= 0.6 is 23.5 Å². The molecule has 0 aromatic carbocycles. The Morgan fingerprint density at radius 2 is 1.04 bits per heavy atom. The van der Waals surface area contributed by atoms with E-state index < -0.39 is 34.4 Å². The van der Waals surface area contributed by atoms with Crippen molar-refractivity contribution in [3.63, 3.8) is 0 Å². The second-order valence-corrected chi connectivity index (χ2v) is 7.25. The molecule has 0 aromatic rings. The van der Waals surface area contributed by atoms with Crippen molar-refractivity contribution in [3.8, 4) is 0 Å². The van der Waals surface area contributed by atoms with Gasteiger partial charge in [-0.2, -0.15) is 0 Å². The Bertz CT molecular complexity index is 539. The summed E-state index contributed by atoms with van der Waals surface area (Å²) < 4.78 is 20.0. The maximum atomic E-state index is 12.2. The molecule has 1 rings (SSSR count). The number of carbonyl (C=O) groups excluding carboxylic acids is 4. The predicted molar refractivity (Wildman–Crippen MR) is 96.3 cm³/mol. The first-order chi connectivity index (χ1) is 12.4. The molecule has 26 heavy (non-hydrogen) atoms. The summed E-state index contributed by atoms with van der Waals surface area (Å²) in [6.45, 7) is 6.88. The molecule has 1 fully saturated rings. The quantitative estimate of drug-likeness (QED) is 0.194. The number of ether oxygens (including phenoxy) is 4. The molecule has 0 amide bonds. The lowest BCUT2D eigenvalue weighted by Crippen LogP contribution is -2.34. The molecule has 1 saturated heterocycles.